The van der Waals surface area contributed by atoms with Crippen LogP contribution in [0.4, 0.5) is 0 Å². The van der Waals surface area contributed by atoms with Crippen molar-refractivity contribution in [3.05, 3.63) is 72.3 Å². The molecule has 0 bridgehead atoms. The first-order valence-corrected chi connectivity index (χ1v) is 24.8. The van der Waals surface area contributed by atoms with Gasteiger partial charge in [-0.15, -0.1) is 0 Å². The maximum atomic E-state index is 6.09. The van der Waals surface area contributed by atoms with Crippen molar-refractivity contribution in [3.8, 4) is 11.5 Å². The van der Waals surface area contributed by atoms with E-state index in [1.54, 1.807) is 16.2 Å². The molecule has 49 heavy (non-hydrogen) atoms. The van der Waals surface area contributed by atoms with E-state index in [-0.39, 0.29) is 23.9 Å². The Kier molecular flexibility index (Phi) is 13.2. The SMILES string of the molecule is CC[C@@H]1CC[C@@H](C)P1N(CCCc1ccc(P2[C@@H](C)CC[C@@H]2C)c(P2[C@@H](C)CC[C@@H]2C)c1)P(c1ccccc1OC)c1ccccc1OC. The number of benzene rings is 3. The standard InChI is InChI=1S/C42H61NO2P4/c1-9-36-26-24-34(6)48(36)43(49(39-18-12-10-16-37(39)44-7)40-19-13-11-17-38(40)45-8)28-14-15-35-25-27-41(46-30(2)20-21-31(46)3)42(29-35)47-32(4)22-23-33(47)5/h10-13,16-19,25,27,29-34,36H,9,14-15,20-24,26,28H2,1-8H3/t30-,31-,32-,33-,34+,36+,48?/m0/s1. The zero-order valence-corrected chi connectivity index (χ0v) is 35.0. The van der Waals surface area contributed by atoms with Crippen LogP contribution in [0.5, 0.6) is 11.5 Å². The van der Waals surface area contributed by atoms with Gasteiger partial charge in [0, 0.05) is 25.2 Å². The third-order valence-corrected chi connectivity index (χ3v) is 25.3. The van der Waals surface area contributed by atoms with Gasteiger partial charge in [-0.05, 0) is 140 Å². The minimum Gasteiger partial charge on any atom is -0.496 e. The van der Waals surface area contributed by atoms with Crippen molar-refractivity contribution in [1.29, 1.82) is 0 Å². The Hall–Kier alpha value is -1.06. The van der Waals surface area contributed by atoms with E-state index in [0.717, 1.165) is 58.4 Å². The number of methoxy groups -OCH3 is 2. The van der Waals surface area contributed by atoms with Gasteiger partial charge in [-0.1, -0.05) is 99.9 Å². The largest absolute Gasteiger partial charge is 0.496 e. The van der Waals surface area contributed by atoms with E-state index >= 15 is 0 Å². The third-order valence-electron chi connectivity index (χ3n) is 11.7. The van der Waals surface area contributed by atoms with Gasteiger partial charge in [0.1, 0.15) is 11.5 Å². The van der Waals surface area contributed by atoms with Crippen molar-refractivity contribution in [2.75, 3.05) is 20.8 Å². The van der Waals surface area contributed by atoms with Gasteiger partial charge in [0.15, 0.2) is 0 Å². The Morgan fingerprint density at radius 3 is 1.69 bits per heavy atom. The van der Waals surface area contributed by atoms with Crippen LogP contribution in [0, 0.1) is 0 Å². The Balaban J connectivity index is 1.36. The van der Waals surface area contributed by atoms with Gasteiger partial charge < -0.3 is 9.47 Å². The van der Waals surface area contributed by atoms with Crippen LogP contribution in [0.25, 0.3) is 0 Å². The molecule has 0 aromatic heterocycles. The summed E-state index contributed by atoms with van der Waals surface area (Å²) in [5.41, 5.74) is 6.49. The smallest absolute Gasteiger partial charge is 0.128 e. The number of nitrogens with zero attached hydrogens (tertiary/aromatic N) is 1. The number of para-hydroxylation sites is 2. The summed E-state index contributed by atoms with van der Waals surface area (Å²) in [5.74, 6) is 2.00. The summed E-state index contributed by atoms with van der Waals surface area (Å²) in [4.78, 5) is 0. The molecular formula is C42H61NO2P4. The van der Waals surface area contributed by atoms with Gasteiger partial charge in [0.25, 0.3) is 0 Å². The molecule has 0 radical (unpaired) electrons. The van der Waals surface area contributed by atoms with E-state index in [9.17, 15) is 0 Å². The van der Waals surface area contributed by atoms with E-state index in [2.05, 4.69) is 113 Å². The fraction of sp³-hybridized carbons (Fsp3) is 0.571. The molecule has 1 unspecified atom stereocenters. The first-order valence-electron chi connectivity index (χ1n) is 19.1. The van der Waals surface area contributed by atoms with Gasteiger partial charge in [0.05, 0.1) is 14.2 Å². The van der Waals surface area contributed by atoms with Crippen molar-refractivity contribution < 1.29 is 9.47 Å². The highest BCUT2D eigenvalue weighted by Crippen LogP contribution is 2.67. The highest BCUT2D eigenvalue weighted by Gasteiger charge is 2.42. The van der Waals surface area contributed by atoms with Crippen LogP contribution in [0.3, 0.4) is 0 Å². The molecule has 3 fully saturated rings. The molecule has 7 atom stereocenters. The molecule has 3 nitrogen and oxygen atoms in total. The van der Waals surface area contributed by atoms with Gasteiger partial charge in [0.2, 0.25) is 0 Å². The predicted molar refractivity (Wildman–Crippen MR) is 223 cm³/mol. The van der Waals surface area contributed by atoms with E-state index in [0.29, 0.717) is 0 Å². The number of rotatable bonds is 13. The second kappa shape index (κ2) is 17.2. The summed E-state index contributed by atoms with van der Waals surface area (Å²) in [6.07, 6.45) is 11.9. The monoisotopic (exact) mass is 735 g/mol. The van der Waals surface area contributed by atoms with E-state index in [1.165, 1.54) is 62.0 Å². The normalized spacial score (nSPS) is 27.8. The molecule has 0 spiro atoms. The highest BCUT2D eigenvalue weighted by molar-refractivity contribution is 7.80. The fourth-order valence-electron chi connectivity index (χ4n) is 9.09. The summed E-state index contributed by atoms with van der Waals surface area (Å²) in [6, 6.07) is 25.5. The second-order valence-electron chi connectivity index (χ2n) is 14.9. The molecule has 3 aliphatic rings. The fourth-order valence-corrected chi connectivity index (χ4v) is 24.2. The Labute approximate surface area is 303 Å². The van der Waals surface area contributed by atoms with E-state index in [4.69, 9.17) is 9.47 Å². The van der Waals surface area contributed by atoms with Crippen molar-refractivity contribution in [1.82, 2.24) is 4.44 Å². The molecule has 0 aliphatic carbocycles. The summed E-state index contributed by atoms with van der Waals surface area (Å²) in [5, 5.41) is 6.23. The molecule has 3 heterocycles. The zero-order valence-electron chi connectivity index (χ0n) is 31.4. The Morgan fingerprint density at radius 1 is 0.653 bits per heavy atom. The summed E-state index contributed by atoms with van der Waals surface area (Å²) in [6.45, 7) is 16.3. The molecular weight excluding hydrogens is 674 g/mol. The van der Waals surface area contributed by atoms with Crippen molar-refractivity contribution >= 4 is 53.2 Å². The molecule has 3 aliphatic heterocycles. The first-order chi connectivity index (χ1) is 23.8. The molecule has 6 rings (SSSR count). The van der Waals surface area contributed by atoms with Crippen LogP contribution in [-0.4, -0.2) is 59.2 Å². The van der Waals surface area contributed by atoms with Crippen LogP contribution in [-0.2, 0) is 6.42 Å². The molecule has 0 saturated carbocycles. The topological polar surface area (TPSA) is 21.7 Å². The molecule has 3 aromatic rings. The summed E-state index contributed by atoms with van der Waals surface area (Å²) in [7, 11) is 2.32. The Morgan fingerprint density at radius 2 is 1.16 bits per heavy atom. The maximum Gasteiger partial charge on any atom is 0.128 e. The van der Waals surface area contributed by atoms with Crippen LogP contribution < -0.4 is 30.7 Å². The van der Waals surface area contributed by atoms with E-state index in [1.807, 2.05) is 14.2 Å². The average molecular weight is 736 g/mol. The quantitative estimate of drug-likeness (QED) is 0.163. The van der Waals surface area contributed by atoms with Crippen LogP contribution >= 0.6 is 32.0 Å². The predicted octanol–water partition coefficient (Wildman–Crippen LogP) is 10.7. The molecule has 266 valence electrons. The molecule has 0 amide bonds. The average Bonchev–Trinajstić information content (AvgIpc) is 3.78. The molecule has 3 saturated heterocycles. The number of hydrogen-bond acceptors (Lipinski definition) is 3. The zero-order chi connectivity index (χ0) is 34.7. The lowest BCUT2D eigenvalue weighted by Crippen LogP contribution is -2.31. The lowest BCUT2D eigenvalue weighted by atomic mass is 10.1. The van der Waals surface area contributed by atoms with E-state index < -0.39 is 8.07 Å². The minimum atomic E-state index is -0.847. The summed E-state index contributed by atoms with van der Waals surface area (Å²) >= 11 is 0. The van der Waals surface area contributed by atoms with Crippen LogP contribution in [0.15, 0.2) is 66.7 Å². The lowest BCUT2D eigenvalue weighted by molar-refractivity contribution is 0.417. The minimum absolute atomic E-state index is 0.0722. The van der Waals surface area contributed by atoms with Gasteiger partial charge in [-0.2, -0.15) is 0 Å². The third kappa shape index (κ3) is 7.99. The number of ether oxygens (including phenoxy) is 2. The van der Waals surface area contributed by atoms with Crippen molar-refractivity contribution in [3.63, 3.8) is 0 Å². The Bertz CT molecular complexity index is 1470. The van der Waals surface area contributed by atoms with Crippen LogP contribution in [0.2, 0.25) is 0 Å². The molecule has 3 aromatic carbocycles. The summed E-state index contributed by atoms with van der Waals surface area (Å²) < 4.78 is 15.2. The molecule has 0 N–H and O–H groups in total. The number of hydrogen-bond donors (Lipinski definition) is 0. The van der Waals surface area contributed by atoms with Gasteiger partial charge in [-0.3, -0.25) is 4.44 Å². The second-order valence-corrected chi connectivity index (χ2v) is 26.3. The van der Waals surface area contributed by atoms with Gasteiger partial charge in [-0.25, -0.2) is 0 Å². The van der Waals surface area contributed by atoms with Crippen molar-refractivity contribution in [2.45, 2.75) is 133 Å². The van der Waals surface area contributed by atoms with Crippen molar-refractivity contribution in [2.24, 2.45) is 0 Å². The van der Waals surface area contributed by atoms with Crippen LogP contribution in [0.1, 0.15) is 98.5 Å². The lowest BCUT2D eigenvalue weighted by Gasteiger charge is -2.42. The first kappa shape index (κ1) is 37.7. The maximum absolute atomic E-state index is 6.09. The molecule has 7 heteroatoms. The highest BCUT2D eigenvalue weighted by atomic mass is 31.2. The van der Waals surface area contributed by atoms with Gasteiger partial charge >= 0.3 is 0 Å². The number of aryl methyl sites for hydroxylation is 1.